The topological polar surface area (TPSA) is 69.7 Å². The Kier molecular flexibility index (Phi) is 2.31. The van der Waals surface area contributed by atoms with Crippen LogP contribution in [0.4, 0.5) is 4.79 Å². The van der Waals surface area contributed by atoms with Gasteiger partial charge in [-0.1, -0.05) is 0 Å². The van der Waals surface area contributed by atoms with Gasteiger partial charge in [0, 0.05) is 19.0 Å². The molecule has 0 aromatic rings. The summed E-state index contributed by atoms with van der Waals surface area (Å²) < 4.78 is 0. The Morgan fingerprint density at radius 1 is 1.24 bits per heavy atom. The number of carbonyl (C=O) groups is 3. The molecule has 0 radical (unpaired) electrons. The van der Waals surface area contributed by atoms with Crippen molar-refractivity contribution in [3.8, 4) is 0 Å². The van der Waals surface area contributed by atoms with E-state index in [2.05, 4.69) is 5.32 Å². The molecule has 1 unspecified atom stereocenters. The molecule has 17 heavy (non-hydrogen) atoms. The van der Waals surface area contributed by atoms with Crippen molar-refractivity contribution in [1.29, 1.82) is 0 Å². The van der Waals surface area contributed by atoms with Crippen molar-refractivity contribution in [2.45, 2.75) is 25.3 Å². The van der Waals surface area contributed by atoms with E-state index in [1.807, 2.05) is 0 Å². The summed E-state index contributed by atoms with van der Waals surface area (Å²) in [5, 5.41) is 2.51. The van der Waals surface area contributed by atoms with Crippen LogP contribution < -0.4 is 5.32 Å². The van der Waals surface area contributed by atoms with E-state index < -0.39 is 0 Å². The maximum Gasteiger partial charge on any atom is 0.324 e. The minimum atomic E-state index is -0.319. The van der Waals surface area contributed by atoms with Crippen LogP contribution in [0.25, 0.3) is 0 Å². The van der Waals surface area contributed by atoms with E-state index in [9.17, 15) is 14.4 Å². The van der Waals surface area contributed by atoms with Crippen molar-refractivity contribution >= 4 is 17.8 Å². The summed E-state index contributed by atoms with van der Waals surface area (Å²) >= 11 is 0. The Hall–Kier alpha value is -1.59. The summed E-state index contributed by atoms with van der Waals surface area (Å²) in [6, 6.07) is -0.451. The van der Waals surface area contributed by atoms with Gasteiger partial charge in [-0.05, 0) is 19.3 Å². The van der Waals surface area contributed by atoms with E-state index in [0.29, 0.717) is 19.5 Å². The van der Waals surface area contributed by atoms with Gasteiger partial charge in [0.05, 0.1) is 12.6 Å². The van der Waals surface area contributed by atoms with Gasteiger partial charge in [0.25, 0.3) is 0 Å². The number of urea groups is 1. The highest BCUT2D eigenvalue weighted by Gasteiger charge is 2.42. The van der Waals surface area contributed by atoms with Crippen molar-refractivity contribution < 1.29 is 14.4 Å². The van der Waals surface area contributed by atoms with Gasteiger partial charge in [0.1, 0.15) is 0 Å². The fraction of sp³-hybridized carbons (Fsp3) is 0.727. The third-order valence-electron chi connectivity index (χ3n) is 3.65. The Labute approximate surface area is 98.9 Å². The van der Waals surface area contributed by atoms with Crippen LogP contribution in [0.1, 0.15) is 19.3 Å². The number of likely N-dealkylation sites (tertiary alicyclic amines) is 1. The lowest BCUT2D eigenvalue weighted by atomic mass is 10.2. The maximum absolute atomic E-state index is 11.9. The molecule has 2 heterocycles. The van der Waals surface area contributed by atoms with Gasteiger partial charge < -0.3 is 10.2 Å². The zero-order valence-corrected chi connectivity index (χ0v) is 9.52. The number of carbonyl (C=O) groups excluding carboxylic acids is 3. The molecule has 0 aromatic heterocycles. The Bertz CT molecular complexity index is 375. The van der Waals surface area contributed by atoms with Crippen LogP contribution in [0.3, 0.4) is 0 Å². The molecule has 4 amide bonds. The van der Waals surface area contributed by atoms with Crippen molar-refractivity contribution in [1.82, 2.24) is 15.1 Å². The molecule has 3 fully saturated rings. The summed E-state index contributed by atoms with van der Waals surface area (Å²) in [7, 11) is 0. The van der Waals surface area contributed by atoms with Gasteiger partial charge in [-0.25, -0.2) is 4.79 Å². The number of amides is 4. The Balaban J connectivity index is 1.65. The number of hydrogen-bond donors (Lipinski definition) is 1. The van der Waals surface area contributed by atoms with Crippen molar-refractivity contribution in [3.05, 3.63) is 0 Å². The molecule has 0 bridgehead atoms. The monoisotopic (exact) mass is 237 g/mol. The maximum atomic E-state index is 11.9. The Morgan fingerprint density at radius 2 is 2.00 bits per heavy atom. The highest BCUT2D eigenvalue weighted by molar-refractivity contribution is 6.02. The van der Waals surface area contributed by atoms with E-state index in [0.717, 1.165) is 12.8 Å². The molecule has 0 aromatic carbocycles. The predicted octanol–water partition coefficient (Wildman–Crippen LogP) is -0.451. The molecule has 2 aliphatic heterocycles. The molecule has 6 nitrogen and oxygen atoms in total. The molecule has 2 saturated heterocycles. The summed E-state index contributed by atoms with van der Waals surface area (Å²) in [6.07, 6.45) is 2.68. The van der Waals surface area contributed by atoms with Crippen LogP contribution in [-0.2, 0) is 9.59 Å². The lowest BCUT2D eigenvalue weighted by Crippen LogP contribution is -2.43. The lowest BCUT2D eigenvalue weighted by molar-refractivity contribution is -0.132. The summed E-state index contributed by atoms with van der Waals surface area (Å²) in [4.78, 5) is 37.9. The standard InChI is InChI=1S/C11H15N3O3/c15-9-5-12-11(17)14(9)8-3-4-13(6-8)10(16)7-1-2-7/h7-8H,1-6H2,(H,12,17). The van der Waals surface area contributed by atoms with Gasteiger partial charge >= 0.3 is 6.03 Å². The number of nitrogens with one attached hydrogen (secondary N) is 1. The number of hydrogen-bond acceptors (Lipinski definition) is 3. The highest BCUT2D eigenvalue weighted by Crippen LogP contribution is 2.32. The lowest BCUT2D eigenvalue weighted by Gasteiger charge is -2.21. The minimum Gasteiger partial charge on any atom is -0.340 e. The second kappa shape index (κ2) is 3.72. The van der Waals surface area contributed by atoms with E-state index >= 15 is 0 Å². The smallest absolute Gasteiger partial charge is 0.324 e. The van der Waals surface area contributed by atoms with E-state index in [1.54, 1.807) is 4.90 Å². The molecule has 6 heteroatoms. The molecule has 3 rings (SSSR count). The number of nitrogens with zero attached hydrogens (tertiary/aromatic N) is 2. The summed E-state index contributed by atoms with van der Waals surface area (Å²) in [5.74, 6) is 0.220. The predicted molar refractivity (Wildman–Crippen MR) is 58.0 cm³/mol. The number of imide groups is 1. The second-order valence-electron chi connectivity index (χ2n) is 4.92. The third-order valence-corrected chi connectivity index (χ3v) is 3.65. The molecule has 1 atom stereocenters. The SMILES string of the molecule is O=C(C1CC1)N1CCC(N2C(=O)CNC2=O)C1. The molecule has 1 N–H and O–H groups in total. The fourth-order valence-electron chi connectivity index (χ4n) is 2.55. The van der Waals surface area contributed by atoms with Crippen LogP contribution in [0, 0.1) is 5.92 Å². The fourth-order valence-corrected chi connectivity index (χ4v) is 2.55. The van der Waals surface area contributed by atoms with Crippen LogP contribution in [0.15, 0.2) is 0 Å². The highest BCUT2D eigenvalue weighted by atomic mass is 16.2. The van der Waals surface area contributed by atoms with Gasteiger partial charge in [0.2, 0.25) is 11.8 Å². The average molecular weight is 237 g/mol. The summed E-state index contributed by atoms with van der Waals surface area (Å²) in [6.45, 7) is 1.26. The quantitative estimate of drug-likeness (QED) is 0.661. The first-order chi connectivity index (χ1) is 8.16. The molecular weight excluding hydrogens is 222 g/mol. The largest absolute Gasteiger partial charge is 0.340 e. The van der Waals surface area contributed by atoms with E-state index in [1.165, 1.54) is 4.90 Å². The van der Waals surface area contributed by atoms with Crippen LogP contribution in [-0.4, -0.2) is 53.3 Å². The second-order valence-corrected chi connectivity index (χ2v) is 4.92. The van der Waals surface area contributed by atoms with Crippen LogP contribution in [0.2, 0.25) is 0 Å². The molecular formula is C11H15N3O3. The van der Waals surface area contributed by atoms with E-state index in [4.69, 9.17) is 0 Å². The van der Waals surface area contributed by atoms with Gasteiger partial charge in [-0.2, -0.15) is 0 Å². The Morgan fingerprint density at radius 3 is 2.59 bits per heavy atom. The average Bonchev–Trinajstić information content (AvgIpc) is 2.96. The first kappa shape index (κ1) is 10.6. The molecule has 0 spiro atoms. The molecule has 1 aliphatic carbocycles. The van der Waals surface area contributed by atoms with Crippen molar-refractivity contribution in [2.75, 3.05) is 19.6 Å². The molecule has 92 valence electrons. The molecule has 1 saturated carbocycles. The van der Waals surface area contributed by atoms with Gasteiger partial charge in [-0.3, -0.25) is 14.5 Å². The zero-order valence-electron chi connectivity index (χ0n) is 9.52. The van der Waals surface area contributed by atoms with Crippen LogP contribution >= 0.6 is 0 Å². The summed E-state index contributed by atoms with van der Waals surface area (Å²) in [5.41, 5.74) is 0. The first-order valence-electron chi connectivity index (χ1n) is 6.05. The third kappa shape index (κ3) is 1.77. The number of rotatable bonds is 2. The minimum absolute atomic E-state index is 0.0892. The molecule has 3 aliphatic rings. The van der Waals surface area contributed by atoms with Crippen molar-refractivity contribution in [2.24, 2.45) is 5.92 Å². The van der Waals surface area contributed by atoms with Gasteiger partial charge in [0.15, 0.2) is 0 Å². The first-order valence-corrected chi connectivity index (χ1v) is 6.05. The van der Waals surface area contributed by atoms with Crippen molar-refractivity contribution in [3.63, 3.8) is 0 Å². The van der Waals surface area contributed by atoms with E-state index in [-0.39, 0.29) is 36.3 Å². The normalized spacial score (nSPS) is 28.8. The zero-order chi connectivity index (χ0) is 12.0. The van der Waals surface area contributed by atoms with Crippen LogP contribution in [0.5, 0.6) is 0 Å². The van der Waals surface area contributed by atoms with Gasteiger partial charge in [-0.15, -0.1) is 0 Å².